The Labute approximate surface area is 196 Å². The van der Waals surface area contributed by atoms with Crippen LogP contribution in [0, 0.1) is 40.5 Å². The summed E-state index contributed by atoms with van der Waals surface area (Å²) in [7, 11) is 0. The van der Waals surface area contributed by atoms with Crippen LogP contribution in [0.25, 0.3) is 0 Å². The van der Waals surface area contributed by atoms with Gasteiger partial charge in [-0.15, -0.1) is 23.5 Å². The Morgan fingerprint density at radius 2 is 0.971 bits per heavy atom. The molecule has 178 valence electrons. The molecule has 34 heavy (non-hydrogen) atoms. The normalized spacial score (nSPS) is 10.5. The predicted molar refractivity (Wildman–Crippen MR) is 118 cm³/mol. The first-order chi connectivity index (χ1) is 15.8. The molecule has 16 nitrogen and oxygen atoms in total. The molecule has 0 aliphatic carbocycles. The van der Waals surface area contributed by atoms with Gasteiger partial charge < -0.3 is 11.5 Å². The van der Waals surface area contributed by atoms with E-state index in [1.54, 1.807) is 0 Å². The third kappa shape index (κ3) is 5.72. The second kappa shape index (κ2) is 10.5. The summed E-state index contributed by atoms with van der Waals surface area (Å²) >= 11 is 1.56. The van der Waals surface area contributed by atoms with Crippen LogP contribution in [0.5, 0.6) is 0 Å². The van der Waals surface area contributed by atoms with E-state index >= 15 is 0 Å². The predicted octanol–water partition coefficient (Wildman–Crippen LogP) is 2.40. The highest BCUT2D eigenvalue weighted by molar-refractivity contribution is 8.03. The fourth-order valence-corrected chi connectivity index (χ4v) is 4.91. The number of thioether (sulfide) groups is 2. The number of nitro groups is 4. The minimum Gasteiger partial charge on any atom is -0.365 e. The summed E-state index contributed by atoms with van der Waals surface area (Å²) in [5, 5.41) is 44.7. The van der Waals surface area contributed by atoms with Gasteiger partial charge in [-0.05, 0) is 0 Å². The van der Waals surface area contributed by atoms with E-state index in [9.17, 15) is 50.0 Å². The number of nitrogens with zero attached hydrogens (tertiary/aromatic N) is 4. The minimum atomic E-state index is -1.19. The summed E-state index contributed by atoms with van der Waals surface area (Å²) in [5.74, 6) is -2.39. The first kappa shape index (κ1) is 25.9. The molecular weight excluding hydrogens is 500 g/mol. The molecule has 2 aromatic carbocycles. The average Bonchev–Trinajstić information content (AvgIpc) is 2.74. The van der Waals surface area contributed by atoms with Crippen LogP contribution in [0.15, 0.2) is 34.1 Å². The molecule has 0 aliphatic rings. The molecule has 0 bridgehead atoms. The van der Waals surface area contributed by atoms with Crippen molar-refractivity contribution in [3.8, 4) is 0 Å². The van der Waals surface area contributed by atoms with Gasteiger partial charge in [-0.3, -0.25) is 50.0 Å². The number of primary amides is 2. The zero-order valence-electron chi connectivity index (χ0n) is 16.6. The lowest BCUT2D eigenvalue weighted by atomic mass is 10.1. The third-order valence-corrected chi connectivity index (χ3v) is 6.38. The molecule has 0 unspecified atom stereocenters. The van der Waals surface area contributed by atoms with Crippen molar-refractivity contribution in [3.05, 3.63) is 75.8 Å². The number of carbonyl (C=O) groups is 2. The van der Waals surface area contributed by atoms with Gasteiger partial charge in [0.15, 0.2) is 0 Å². The minimum absolute atomic E-state index is 0.00202. The number of carbonyl (C=O) groups excluding carboxylic acids is 2. The Balaban J connectivity index is 2.37. The fourth-order valence-electron chi connectivity index (χ4n) is 2.70. The maximum absolute atomic E-state index is 11.8. The molecule has 0 aromatic heterocycles. The lowest BCUT2D eigenvalue weighted by Crippen LogP contribution is -2.16. The van der Waals surface area contributed by atoms with Gasteiger partial charge >= 0.3 is 0 Å². The number of rotatable bonds is 11. The van der Waals surface area contributed by atoms with Gasteiger partial charge in [0, 0.05) is 33.4 Å². The maximum Gasteiger partial charge on any atom is 0.290 e. The largest absolute Gasteiger partial charge is 0.365 e. The third-order valence-electron chi connectivity index (χ3n) is 4.04. The van der Waals surface area contributed by atoms with E-state index < -0.39 is 65.4 Å². The summed E-state index contributed by atoms with van der Waals surface area (Å²) in [6.07, 6.45) is 0. The van der Waals surface area contributed by atoms with Crippen molar-refractivity contribution < 1.29 is 29.3 Å². The molecule has 4 N–H and O–H groups in total. The quantitative estimate of drug-likeness (QED) is 0.190. The smallest absolute Gasteiger partial charge is 0.290 e. The molecule has 0 fully saturated rings. The summed E-state index contributed by atoms with van der Waals surface area (Å²) in [4.78, 5) is 64.1. The lowest BCUT2D eigenvalue weighted by Gasteiger charge is -2.09. The zero-order chi connectivity index (χ0) is 25.7. The number of nitro benzene ring substituents is 4. The van der Waals surface area contributed by atoms with Crippen molar-refractivity contribution in [2.75, 3.05) is 11.5 Å². The van der Waals surface area contributed by atoms with E-state index in [-0.39, 0.29) is 21.3 Å². The van der Waals surface area contributed by atoms with Gasteiger partial charge in [0.1, 0.15) is 11.1 Å². The Morgan fingerprint density at radius 1 is 0.647 bits per heavy atom. The van der Waals surface area contributed by atoms with Crippen molar-refractivity contribution in [2.45, 2.75) is 9.79 Å². The van der Waals surface area contributed by atoms with Crippen molar-refractivity contribution in [2.24, 2.45) is 11.5 Å². The van der Waals surface area contributed by atoms with E-state index in [4.69, 9.17) is 11.5 Å². The Bertz CT molecular complexity index is 1160. The molecule has 0 radical (unpaired) electrons. The number of hydrogen-bond acceptors (Lipinski definition) is 12. The van der Waals surface area contributed by atoms with Crippen molar-refractivity contribution in [3.63, 3.8) is 0 Å². The lowest BCUT2D eigenvalue weighted by molar-refractivity contribution is -0.394. The molecule has 0 saturated heterocycles. The van der Waals surface area contributed by atoms with Crippen LogP contribution < -0.4 is 11.5 Å². The van der Waals surface area contributed by atoms with Gasteiger partial charge in [0.25, 0.3) is 34.6 Å². The van der Waals surface area contributed by atoms with Crippen molar-refractivity contribution in [1.29, 1.82) is 0 Å². The Kier molecular flexibility index (Phi) is 8.03. The molecule has 0 atom stereocenters. The number of benzene rings is 2. The number of amides is 2. The van der Waals surface area contributed by atoms with Crippen LogP contribution in [-0.2, 0) is 0 Å². The van der Waals surface area contributed by atoms with Gasteiger partial charge in [0.05, 0.1) is 31.8 Å². The molecule has 2 rings (SSSR count). The second-order valence-electron chi connectivity index (χ2n) is 6.13. The zero-order valence-corrected chi connectivity index (χ0v) is 18.2. The topological polar surface area (TPSA) is 259 Å². The highest BCUT2D eigenvalue weighted by Crippen LogP contribution is 2.37. The number of non-ortho nitro benzene ring substituents is 2. The van der Waals surface area contributed by atoms with E-state index in [1.807, 2.05) is 0 Å². The van der Waals surface area contributed by atoms with Gasteiger partial charge in [-0.25, -0.2) is 0 Å². The standard InChI is InChI=1S/C16H12N6O10S2/c17-15(23)13-9(21(29)30)3-7(19(25)26)5-11(13)33-1-2-34-12-6-8(20(27)28)4-10(22(31)32)14(12)16(18)24/h3-6H,1-2H2,(H2,17,23)(H2,18,24). The van der Waals surface area contributed by atoms with Gasteiger partial charge in [0.2, 0.25) is 0 Å². The summed E-state index contributed by atoms with van der Waals surface area (Å²) < 4.78 is 0. The van der Waals surface area contributed by atoms with E-state index in [1.165, 1.54) is 0 Å². The molecule has 0 heterocycles. The SMILES string of the molecule is NC(=O)c1c(SCCSc2cc([N+](=O)[O-])cc([N+](=O)[O-])c2C(N)=O)cc([N+](=O)[O-])cc1[N+](=O)[O-]. The van der Waals surface area contributed by atoms with E-state index in [0.29, 0.717) is 12.1 Å². The van der Waals surface area contributed by atoms with Gasteiger partial charge in [-0.1, -0.05) is 0 Å². The molecule has 18 heteroatoms. The van der Waals surface area contributed by atoms with Crippen LogP contribution in [-0.4, -0.2) is 43.0 Å². The molecule has 2 amide bonds. The summed E-state index contributed by atoms with van der Waals surface area (Å²) in [6.45, 7) is 0. The van der Waals surface area contributed by atoms with Crippen LogP contribution in [0.2, 0.25) is 0 Å². The number of nitrogens with two attached hydrogens (primary N) is 2. The molecule has 0 spiro atoms. The average molecular weight is 512 g/mol. The molecule has 2 aromatic rings. The van der Waals surface area contributed by atoms with Crippen LogP contribution >= 0.6 is 23.5 Å². The monoisotopic (exact) mass is 512 g/mol. The molecular formula is C16H12N6O10S2. The summed E-state index contributed by atoms with van der Waals surface area (Å²) in [5.41, 5.74) is 6.29. The second-order valence-corrected chi connectivity index (χ2v) is 8.40. The van der Waals surface area contributed by atoms with Crippen molar-refractivity contribution >= 4 is 58.1 Å². The first-order valence-electron chi connectivity index (χ1n) is 8.64. The Hall–Kier alpha value is -4.32. The molecule has 0 saturated carbocycles. The molecule has 0 aliphatic heterocycles. The summed E-state index contributed by atoms with van der Waals surface area (Å²) in [6, 6.07) is 3.05. The van der Waals surface area contributed by atoms with Crippen LogP contribution in [0.4, 0.5) is 22.7 Å². The fraction of sp³-hybridized carbons (Fsp3) is 0.125. The highest BCUT2D eigenvalue weighted by Gasteiger charge is 2.29. The first-order valence-corrected chi connectivity index (χ1v) is 10.6. The maximum atomic E-state index is 11.8. The highest BCUT2D eigenvalue weighted by atomic mass is 32.2. The van der Waals surface area contributed by atoms with E-state index in [0.717, 1.165) is 35.7 Å². The van der Waals surface area contributed by atoms with Crippen LogP contribution in [0.3, 0.4) is 0 Å². The van der Waals surface area contributed by atoms with E-state index in [2.05, 4.69) is 0 Å². The van der Waals surface area contributed by atoms with Gasteiger partial charge in [-0.2, -0.15) is 0 Å². The number of hydrogen-bond donors (Lipinski definition) is 2. The van der Waals surface area contributed by atoms with Crippen molar-refractivity contribution in [1.82, 2.24) is 0 Å². The van der Waals surface area contributed by atoms with Crippen LogP contribution in [0.1, 0.15) is 20.7 Å². The Morgan fingerprint density at radius 3 is 1.21 bits per heavy atom.